The molecule has 3 heterocycles. The highest BCUT2D eigenvalue weighted by Gasteiger charge is 2.31. The van der Waals surface area contributed by atoms with Crippen molar-refractivity contribution in [3.05, 3.63) is 75.1 Å². The summed E-state index contributed by atoms with van der Waals surface area (Å²) in [6, 6.07) is 6.82. The molecule has 8 nitrogen and oxygen atoms in total. The van der Waals surface area contributed by atoms with Crippen LogP contribution < -0.4 is 15.5 Å². The Bertz CT molecular complexity index is 1420. The average molecular weight is 483 g/mol. The number of halogens is 2. The zero-order valence-corrected chi connectivity index (χ0v) is 18.9. The molecule has 5 rings (SSSR count). The van der Waals surface area contributed by atoms with Gasteiger partial charge in [-0.2, -0.15) is 4.39 Å². The third kappa shape index (κ3) is 3.83. The van der Waals surface area contributed by atoms with Crippen molar-refractivity contribution in [3.63, 3.8) is 0 Å². The summed E-state index contributed by atoms with van der Waals surface area (Å²) < 4.78 is 35.2. The highest BCUT2D eigenvalue weighted by Crippen LogP contribution is 2.35. The number of carbonyl (C=O) groups is 2. The summed E-state index contributed by atoms with van der Waals surface area (Å²) in [6.07, 6.45) is 1.90. The summed E-state index contributed by atoms with van der Waals surface area (Å²) in [5, 5.41) is 12.1. The Kier molecular flexibility index (Phi) is 5.76. The normalized spacial score (nSPS) is 17.5. The molecule has 2 aliphatic rings. The summed E-state index contributed by atoms with van der Waals surface area (Å²) in [5.74, 6) is -4.22. The molecule has 1 aromatic heterocycles. The summed E-state index contributed by atoms with van der Waals surface area (Å²) >= 11 is 0. The number of nitrogens with one attached hydrogen (secondary N) is 1. The molecule has 2 aliphatic heterocycles. The lowest BCUT2D eigenvalue weighted by Gasteiger charge is -2.31. The molecule has 182 valence electrons. The van der Waals surface area contributed by atoms with E-state index in [-0.39, 0.29) is 34.9 Å². The highest BCUT2D eigenvalue weighted by molar-refractivity contribution is 6.00. The van der Waals surface area contributed by atoms with Gasteiger partial charge in [0.2, 0.25) is 17.2 Å². The Hall–Kier alpha value is -3.79. The first kappa shape index (κ1) is 23.0. The van der Waals surface area contributed by atoms with Crippen LogP contribution in [0.2, 0.25) is 0 Å². The Balaban J connectivity index is 1.45. The lowest BCUT2D eigenvalue weighted by Crippen LogP contribution is -2.52. The van der Waals surface area contributed by atoms with Crippen LogP contribution in [0.4, 0.5) is 8.78 Å². The summed E-state index contributed by atoms with van der Waals surface area (Å²) in [6.45, 7) is 1.86. The van der Waals surface area contributed by atoms with E-state index in [0.717, 1.165) is 17.2 Å². The van der Waals surface area contributed by atoms with Gasteiger partial charge in [-0.25, -0.2) is 4.39 Å². The number of rotatable bonds is 4. The van der Waals surface area contributed by atoms with Crippen LogP contribution in [0.5, 0.6) is 5.75 Å². The highest BCUT2D eigenvalue weighted by atomic mass is 19.2. The van der Waals surface area contributed by atoms with Crippen molar-refractivity contribution in [2.75, 3.05) is 19.8 Å². The fraction of sp³-hybridized carbons (Fsp3) is 0.320. The van der Waals surface area contributed by atoms with Gasteiger partial charge in [0.05, 0.1) is 23.6 Å². The molecule has 2 N–H and O–H groups in total. The van der Waals surface area contributed by atoms with Crippen molar-refractivity contribution in [2.45, 2.75) is 32.0 Å². The minimum absolute atomic E-state index is 0.0145. The smallest absolute Gasteiger partial charge is 0.257 e. The monoisotopic (exact) mass is 483 g/mol. The van der Waals surface area contributed by atoms with Gasteiger partial charge in [-0.1, -0.05) is 24.3 Å². The van der Waals surface area contributed by atoms with Crippen LogP contribution in [0.1, 0.15) is 34.5 Å². The van der Waals surface area contributed by atoms with Gasteiger partial charge in [-0.05, 0) is 30.5 Å². The maximum Gasteiger partial charge on any atom is 0.257 e. The predicted octanol–water partition coefficient (Wildman–Crippen LogP) is 1.91. The number of ether oxygens (including phenoxy) is 1. The first-order valence-electron chi connectivity index (χ1n) is 11.3. The minimum Gasteiger partial charge on any atom is -0.486 e. The Morgan fingerprint density at radius 3 is 2.74 bits per heavy atom. The van der Waals surface area contributed by atoms with Crippen molar-refractivity contribution < 1.29 is 28.2 Å². The maximum atomic E-state index is 14.3. The number of hydrogen-bond acceptors (Lipinski definition) is 5. The first-order valence-corrected chi connectivity index (χ1v) is 11.3. The van der Waals surface area contributed by atoms with Gasteiger partial charge in [0.25, 0.3) is 5.91 Å². The molecule has 0 fully saturated rings. The van der Waals surface area contributed by atoms with Crippen molar-refractivity contribution >= 4 is 22.7 Å². The molecule has 2 atom stereocenters. The fourth-order valence-corrected chi connectivity index (χ4v) is 4.68. The molecule has 10 heteroatoms. The standard InChI is InChI=1S/C25H23F2N3O5/c1-13-12-35-23-20(27)18(26)8-16-21(23)30(13)10-17(22(16)32)24(33)28-19(11-31)25(34)29-7-6-14-4-2-3-5-15(14)9-29/h2-5,8,10,13,19,31H,6-7,9,11-12H2,1H3,(H,28,33)/t13?,19-/m0/s1. The topological polar surface area (TPSA) is 101 Å². The van der Waals surface area contributed by atoms with Gasteiger partial charge in [-0.3, -0.25) is 14.4 Å². The minimum atomic E-state index is -1.27. The first-order chi connectivity index (χ1) is 16.8. The molecular weight excluding hydrogens is 460 g/mol. The second-order valence-electron chi connectivity index (χ2n) is 8.82. The van der Waals surface area contributed by atoms with E-state index in [4.69, 9.17) is 4.74 Å². The maximum absolute atomic E-state index is 14.3. The predicted molar refractivity (Wildman–Crippen MR) is 122 cm³/mol. The molecule has 35 heavy (non-hydrogen) atoms. The summed E-state index contributed by atoms with van der Waals surface area (Å²) in [4.78, 5) is 40.8. The molecule has 0 radical (unpaired) electrons. The molecule has 0 spiro atoms. The number of nitrogens with zero attached hydrogens (tertiary/aromatic N) is 2. The van der Waals surface area contributed by atoms with Crippen LogP contribution >= 0.6 is 0 Å². The number of fused-ring (bicyclic) bond motifs is 1. The van der Waals surface area contributed by atoms with Gasteiger partial charge < -0.3 is 24.6 Å². The van der Waals surface area contributed by atoms with Crippen molar-refractivity contribution in [3.8, 4) is 5.75 Å². The molecule has 2 amide bonds. The lowest BCUT2D eigenvalue weighted by atomic mass is 9.99. The van der Waals surface area contributed by atoms with Gasteiger partial charge in [-0.15, -0.1) is 0 Å². The van der Waals surface area contributed by atoms with Gasteiger partial charge >= 0.3 is 0 Å². The molecular formula is C25H23F2N3O5. The summed E-state index contributed by atoms with van der Waals surface area (Å²) in [5.41, 5.74) is 1.01. The number of pyridine rings is 1. The molecule has 0 saturated carbocycles. The van der Waals surface area contributed by atoms with Crippen LogP contribution in [-0.2, 0) is 17.8 Å². The Morgan fingerprint density at radius 1 is 1.26 bits per heavy atom. The number of aliphatic hydroxyl groups excluding tert-OH is 1. The van der Waals surface area contributed by atoms with Gasteiger partial charge in [0.1, 0.15) is 18.2 Å². The van der Waals surface area contributed by atoms with E-state index in [2.05, 4.69) is 5.32 Å². The number of aliphatic hydroxyl groups is 1. The molecule has 1 unspecified atom stereocenters. The lowest BCUT2D eigenvalue weighted by molar-refractivity contribution is -0.135. The third-order valence-corrected chi connectivity index (χ3v) is 6.58. The molecule has 3 aromatic rings. The van der Waals surface area contributed by atoms with E-state index < -0.39 is 41.5 Å². The van der Waals surface area contributed by atoms with Crippen molar-refractivity contribution in [2.24, 2.45) is 0 Å². The second-order valence-corrected chi connectivity index (χ2v) is 8.82. The van der Waals surface area contributed by atoms with Gasteiger partial charge in [0.15, 0.2) is 11.6 Å². The largest absolute Gasteiger partial charge is 0.486 e. The average Bonchev–Trinajstić information content (AvgIpc) is 2.87. The van der Waals surface area contributed by atoms with E-state index >= 15 is 0 Å². The van der Waals surface area contributed by atoms with E-state index in [9.17, 15) is 28.3 Å². The SMILES string of the molecule is CC1COc2c(F)c(F)cc3c(=O)c(C(=O)N[C@@H](CO)C(=O)N4CCc5ccccc5C4)cn1c23. The van der Waals surface area contributed by atoms with Crippen LogP contribution in [0.15, 0.2) is 41.3 Å². The Labute approximate surface area is 198 Å². The molecule has 0 saturated heterocycles. The van der Waals surface area contributed by atoms with Crippen molar-refractivity contribution in [1.82, 2.24) is 14.8 Å². The van der Waals surface area contributed by atoms with E-state index in [1.54, 1.807) is 11.8 Å². The van der Waals surface area contributed by atoms with Crippen LogP contribution in [0.3, 0.4) is 0 Å². The zero-order valence-electron chi connectivity index (χ0n) is 18.9. The zero-order chi connectivity index (χ0) is 24.9. The second kappa shape index (κ2) is 8.77. The number of amides is 2. The van der Waals surface area contributed by atoms with Gasteiger partial charge in [0, 0.05) is 19.3 Å². The third-order valence-electron chi connectivity index (χ3n) is 6.58. The van der Waals surface area contributed by atoms with Crippen LogP contribution in [-0.4, -0.2) is 52.2 Å². The Morgan fingerprint density at radius 2 is 2.00 bits per heavy atom. The summed E-state index contributed by atoms with van der Waals surface area (Å²) in [7, 11) is 0. The van der Waals surface area contributed by atoms with E-state index in [1.165, 1.54) is 10.8 Å². The molecule has 0 bridgehead atoms. The van der Waals surface area contributed by atoms with Crippen LogP contribution in [0.25, 0.3) is 10.9 Å². The van der Waals surface area contributed by atoms with Crippen LogP contribution in [0, 0.1) is 11.6 Å². The number of carbonyl (C=O) groups excluding carboxylic acids is 2. The van der Waals surface area contributed by atoms with E-state index in [0.29, 0.717) is 19.5 Å². The quantitative estimate of drug-likeness (QED) is 0.591. The van der Waals surface area contributed by atoms with Crippen molar-refractivity contribution in [1.29, 1.82) is 0 Å². The number of aromatic nitrogens is 1. The van der Waals surface area contributed by atoms with E-state index in [1.807, 2.05) is 24.3 Å². The number of benzene rings is 2. The molecule has 2 aromatic carbocycles. The molecule has 0 aliphatic carbocycles. The number of hydrogen-bond donors (Lipinski definition) is 2. The fourth-order valence-electron chi connectivity index (χ4n) is 4.68.